The Morgan fingerprint density at radius 2 is 1.59 bits per heavy atom. The van der Waals surface area contributed by atoms with Gasteiger partial charge < -0.3 is 43.1 Å². The SMILES string of the molecule is CC1=NO[C@@]2(CC[C@H](C)N3C[C@H]2n2cc(C(=O)NCc4ccc(F)cc4F)c(=O)c(OCOC(=O)OCCC(C)(C)c4c(CC(=O)OC(C)(C)C)cc(C)cc4OP(=O)(OC(C)(C)C)OC(C)(C)C)c2C3=O)C1. The van der Waals surface area contributed by atoms with E-state index in [0.29, 0.717) is 47.7 Å². The molecular formula is C52H69F2N4O14P. The number of hydrogen-bond donors (Lipinski definition) is 1. The van der Waals surface area contributed by atoms with Crippen LogP contribution in [0.1, 0.15) is 165 Å². The van der Waals surface area contributed by atoms with Crippen LogP contribution < -0.4 is 20.0 Å². The Labute approximate surface area is 424 Å². The summed E-state index contributed by atoms with van der Waals surface area (Å²) < 4.78 is 84.8. The Morgan fingerprint density at radius 3 is 2.19 bits per heavy atom. The summed E-state index contributed by atoms with van der Waals surface area (Å²) in [6.07, 6.45) is 1.31. The number of fused-ring (bicyclic) bond motifs is 5. The van der Waals surface area contributed by atoms with Crippen molar-refractivity contribution in [1.29, 1.82) is 0 Å². The van der Waals surface area contributed by atoms with Crippen LogP contribution in [-0.4, -0.2) is 87.5 Å². The van der Waals surface area contributed by atoms with E-state index in [-0.39, 0.29) is 49.0 Å². The highest BCUT2D eigenvalue weighted by atomic mass is 31.2. The number of rotatable bonds is 16. The first-order valence-electron chi connectivity index (χ1n) is 24.2. The van der Waals surface area contributed by atoms with Gasteiger partial charge in [-0.05, 0) is 131 Å². The quantitative estimate of drug-likeness (QED) is 0.0805. The van der Waals surface area contributed by atoms with E-state index in [1.54, 1.807) is 86.3 Å². The van der Waals surface area contributed by atoms with Crippen LogP contribution in [0.2, 0.25) is 0 Å². The summed E-state index contributed by atoms with van der Waals surface area (Å²) in [5.41, 5.74) is -4.15. The number of nitrogens with zero attached hydrogens (tertiary/aromatic N) is 3. The topological polar surface area (TPSA) is 209 Å². The van der Waals surface area contributed by atoms with Crippen molar-refractivity contribution in [3.05, 3.63) is 91.9 Å². The number of esters is 1. The predicted octanol–water partition coefficient (Wildman–Crippen LogP) is 9.94. The molecule has 0 unspecified atom stereocenters. The number of halogens is 2. The summed E-state index contributed by atoms with van der Waals surface area (Å²) in [6, 6.07) is 5.33. The lowest BCUT2D eigenvalue weighted by Gasteiger charge is -2.42. The van der Waals surface area contributed by atoms with Gasteiger partial charge in [-0.3, -0.25) is 28.2 Å². The number of aromatic nitrogens is 1. The van der Waals surface area contributed by atoms with Crippen molar-refractivity contribution < 1.29 is 69.9 Å². The summed E-state index contributed by atoms with van der Waals surface area (Å²) in [6.45, 7) is 23.1. The maximum atomic E-state index is 14.6. The highest BCUT2D eigenvalue weighted by molar-refractivity contribution is 7.49. The van der Waals surface area contributed by atoms with Crippen molar-refractivity contribution in [3.8, 4) is 11.5 Å². The van der Waals surface area contributed by atoms with E-state index in [4.69, 9.17) is 37.4 Å². The molecule has 2 aromatic carbocycles. The average Bonchev–Trinajstić information content (AvgIpc) is 3.55. The van der Waals surface area contributed by atoms with Gasteiger partial charge in [0.05, 0.1) is 36.0 Å². The summed E-state index contributed by atoms with van der Waals surface area (Å²) >= 11 is 0. The molecule has 4 heterocycles. The van der Waals surface area contributed by atoms with E-state index in [1.807, 2.05) is 27.7 Å². The standard InChI is InChI=1S/C52H69F2N4O14P/c1-30-21-34(23-40(59)68-48(4,5)6)41(38(22-30)69-73(64,71-49(7,8)9)72-50(10,11)12)51(13,14)19-20-65-47(63)67-29-66-44-42-46(62)57-28-39(52(18-17-32(57)3)25-31(2)56-70-52)58(42)27-36(43(44)60)45(61)55-26-33-15-16-35(53)24-37(33)54/h15-16,21-22,24,27,32,39H,17-20,23,25-26,28-29H2,1-14H3,(H,55,61)/t32-,39+,52-/m0/s1. The lowest BCUT2D eigenvalue weighted by atomic mass is 9.77. The van der Waals surface area contributed by atoms with E-state index < -0.39 is 107 Å². The van der Waals surface area contributed by atoms with Gasteiger partial charge in [0.1, 0.15) is 28.5 Å². The first kappa shape index (κ1) is 56.4. The molecule has 400 valence electrons. The van der Waals surface area contributed by atoms with Crippen LogP contribution in [0.25, 0.3) is 0 Å². The summed E-state index contributed by atoms with van der Waals surface area (Å²) in [5, 5.41) is 6.74. The van der Waals surface area contributed by atoms with Crippen LogP contribution in [0.15, 0.2) is 46.5 Å². The number of carbonyl (C=O) groups excluding carboxylic acids is 4. The van der Waals surface area contributed by atoms with Gasteiger partial charge in [0.25, 0.3) is 11.8 Å². The largest absolute Gasteiger partial charge is 0.531 e. The number of carbonyl (C=O) groups is 4. The number of ether oxygens (including phenoxy) is 4. The zero-order chi connectivity index (χ0) is 54.2. The molecule has 3 aliphatic rings. The van der Waals surface area contributed by atoms with Crippen LogP contribution in [0.3, 0.4) is 0 Å². The second-order valence-electron chi connectivity index (χ2n) is 22.5. The van der Waals surface area contributed by atoms with Crippen LogP contribution in [0.5, 0.6) is 11.5 Å². The number of oxime groups is 1. The van der Waals surface area contributed by atoms with Crippen LogP contribution >= 0.6 is 7.82 Å². The van der Waals surface area contributed by atoms with Gasteiger partial charge in [0.2, 0.25) is 18.0 Å². The van der Waals surface area contributed by atoms with Gasteiger partial charge in [-0.2, -0.15) is 0 Å². The van der Waals surface area contributed by atoms with Gasteiger partial charge in [-0.1, -0.05) is 31.1 Å². The molecule has 18 nitrogen and oxygen atoms in total. The highest BCUT2D eigenvalue weighted by Crippen LogP contribution is 2.57. The van der Waals surface area contributed by atoms with Crippen molar-refractivity contribution in [1.82, 2.24) is 14.8 Å². The molecular weight excluding hydrogens is 974 g/mol. The van der Waals surface area contributed by atoms with Crippen molar-refractivity contribution in [2.45, 2.75) is 175 Å². The summed E-state index contributed by atoms with van der Waals surface area (Å²) in [5.74, 6) is -4.28. The molecule has 6 rings (SSSR count). The van der Waals surface area contributed by atoms with Crippen molar-refractivity contribution >= 4 is 37.5 Å². The van der Waals surface area contributed by atoms with Gasteiger partial charge >= 0.3 is 19.9 Å². The van der Waals surface area contributed by atoms with Crippen LogP contribution in [-0.2, 0) is 55.8 Å². The Balaban J connectivity index is 1.26. The molecule has 21 heteroatoms. The van der Waals surface area contributed by atoms with E-state index in [0.717, 1.165) is 12.1 Å². The van der Waals surface area contributed by atoms with E-state index in [1.165, 1.54) is 10.8 Å². The molecule has 1 fully saturated rings. The first-order chi connectivity index (χ1) is 33.7. The minimum absolute atomic E-state index is 0.0508. The molecule has 3 aromatic rings. The number of phosphoric acid groups is 1. The molecule has 1 saturated heterocycles. The minimum atomic E-state index is -4.37. The second-order valence-corrected chi connectivity index (χ2v) is 24.0. The fourth-order valence-electron chi connectivity index (χ4n) is 9.22. The normalized spacial score (nSPS) is 19.1. The average molecular weight is 1040 g/mol. The lowest BCUT2D eigenvalue weighted by molar-refractivity contribution is -0.153. The molecule has 1 spiro atoms. The maximum Gasteiger partial charge on any atom is 0.531 e. The number of aryl methyl sites for hydroxylation is 1. The third-order valence-corrected chi connectivity index (χ3v) is 14.2. The van der Waals surface area contributed by atoms with Gasteiger partial charge in [0.15, 0.2) is 11.3 Å². The molecule has 3 atom stereocenters. The molecule has 2 bridgehead atoms. The maximum absolute atomic E-state index is 14.6. The smallest absolute Gasteiger partial charge is 0.460 e. The molecule has 0 radical (unpaired) electrons. The number of hydrogen-bond acceptors (Lipinski definition) is 15. The van der Waals surface area contributed by atoms with E-state index in [9.17, 15) is 37.3 Å². The third kappa shape index (κ3) is 13.9. The molecule has 1 N–H and O–H groups in total. The van der Waals surface area contributed by atoms with Crippen molar-refractivity contribution in [3.63, 3.8) is 0 Å². The summed E-state index contributed by atoms with van der Waals surface area (Å²) in [4.78, 5) is 76.9. The van der Waals surface area contributed by atoms with E-state index >= 15 is 0 Å². The molecule has 3 aliphatic heterocycles. The summed E-state index contributed by atoms with van der Waals surface area (Å²) in [7, 11) is -4.37. The monoisotopic (exact) mass is 1040 g/mol. The van der Waals surface area contributed by atoms with Crippen molar-refractivity contribution in [2.75, 3.05) is 19.9 Å². The van der Waals surface area contributed by atoms with Crippen LogP contribution in [0, 0.1) is 18.6 Å². The van der Waals surface area contributed by atoms with E-state index in [2.05, 4.69) is 10.5 Å². The predicted molar refractivity (Wildman–Crippen MR) is 265 cm³/mol. The molecule has 0 aliphatic carbocycles. The Kier molecular flexibility index (Phi) is 16.4. The molecule has 1 aromatic heterocycles. The fourth-order valence-corrected chi connectivity index (χ4v) is 11.1. The van der Waals surface area contributed by atoms with Gasteiger partial charge in [0, 0.05) is 48.9 Å². The molecule has 73 heavy (non-hydrogen) atoms. The highest BCUT2D eigenvalue weighted by Gasteiger charge is 2.54. The molecule has 0 saturated carbocycles. The second kappa shape index (κ2) is 21.2. The van der Waals surface area contributed by atoms with Gasteiger partial charge in [-0.25, -0.2) is 18.1 Å². The van der Waals surface area contributed by atoms with Gasteiger partial charge in [-0.15, -0.1) is 0 Å². The van der Waals surface area contributed by atoms with Crippen LogP contribution in [0.4, 0.5) is 13.6 Å². The number of amides is 2. The zero-order valence-electron chi connectivity index (χ0n) is 44.2. The Morgan fingerprint density at radius 1 is 0.918 bits per heavy atom. The lowest BCUT2D eigenvalue weighted by Crippen LogP contribution is -2.52. The zero-order valence-corrected chi connectivity index (χ0v) is 45.1. The minimum Gasteiger partial charge on any atom is -0.460 e. The van der Waals surface area contributed by atoms with Crippen molar-refractivity contribution in [2.24, 2.45) is 5.16 Å². The number of benzene rings is 2. The third-order valence-electron chi connectivity index (χ3n) is 12.2. The molecule has 2 amide bonds. The number of phosphoric ester groups is 1. The number of nitrogens with one attached hydrogen (secondary N) is 1. The Hall–Kier alpha value is -5.85. The Bertz CT molecular complexity index is 2750. The first-order valence-corrected chi connectivity index (χ1v) is 25.7. The fraction of sp³-hybridized carbons (Fsp3) is 0.577. The number of pyridine rings is 1.